The van der Waals surface area contributed by atoms with E-state index < -0.39 is 12.1 Å². The first-order valence-electron chi connectivity index (χ1n) is 27.5. The summed E-state index contributed by atoms with van der Waals surface area (Å²) < 4.78 is 5.46. The predicted octanol–water partition coefficient (Wildman–Crippen LogP) is 16.5. The van der Waals surface area contributed by atoms with E-state index in [1.807, 2.05) is 6.08 Å². The van der Waals surface area contributed by atoms with Crippen LogP contribution in [0.15, 0.2) is 12.2 Å². The number of amides is 1. The van der Waals surface area contributed by atoms with Crippen LogP contribution in [0.25, 0.3) is 0 Å². The Hall–Kier alpha value is -1.40. The first-order chi connectivity index (χ1) is 30.0. The largest absolute Gasteiger partial charge is 0.466 e. The van der Waals surface area contributed by atoms with Gasteiger partial charge in [-0.1, -0.05) is 270 Å². The molecular weight excluding hydrogens is 755 g/mol. The molecule has 0 saturated heterocycles. The van der Waals surface area contributed by atoms with Gasteiger partial charge >= 0.3 is 5.97 Å². The molecule has 362 valence electrons. The lowest BCUT2D eigenvalue weighted by molar-refractivity contribution is -0.143. The molecule has 0 aliphatic rings. The van der Waals surface area contributed by atoms with E-state index in [0.29, 0.717) is 19.4 Å². The minimum absolute atomic E-state index is 0.0124. The number of esters is 1. The molecule has 3 N–H and O–H groups in total. The number of hydrogen-bond acceptors (Lipinski definition) is 5. The summed E-state index contributed by atoms with van der Waals surface area (Å²) in [5.41, 5.74) is 0. The maximum absolute atomic E-state index is 12.4. The quantitative estimate of drug-likeness (QED) is 0.0322. The molecule has 6 nitrogen and oxygen atoms in total. The Morgan fingerprint density at radius 1 is 0.443 bits per heavy atom. The molecule has 0 saturated carbocycles. The monoisotopic (exact) mass is 862 g/mol. The second kappa shape index (κ2) is 51.2. The van der Waals surface area contributed by atoms with Crippen LogP contribution >= 0.6 is 0 Å². The Labute approximate surface area is 380 Å². The van der Waals surface area contributed by atoms with Crippen LogP contribution in [0.3, 0.4) is 0 Å². The number of hydrogen-bond donors (Lipinski definition) is 3. The van der Waals surface area contributed by atoms with Crippen LogP contribution in [-0.4, -0.2) is 47.4 Å². The number of aliphatic hydroxyl groups excluding tert-OH is 2. The molecule has 1 amide bonds. The fourth-order valence-electron chi connectivity index (χ4n) is 8.58. The van der Waals surface area contributed by atoms with Crippen LogP contribution < -0.4 is 5.32 Å². The highest BCUT2D eigenvalue weighted by Gasteiger charge is 2.18. The number of carbonyl (C=O) groups excluding carboxylic acids is 2. The van der Waals surface area contributed by atoms with E-state index >= 15 is 0 Å². The van der Waals surface area contributed by atoms with Crippen LogP contribution in [0.4, 0.5) is 0 Å². The Kier molecular flexibility index (Phi) is 50.1. The number of allylic oxidation sites excluding steroid dienone is 1. The molecule has 0 aliphatic carbocycles. The van der Waals surface area contributed by atoms with Gasteiger partial charge in [0.05, 0.1) is 25.4 Å². The van der Waals surface area contributed by atoms with E-state index in [0.717, 1.165) is 38.5 Å². The summed E-state index contributed by atoms with van der Waals surface area (Å²) in [4.78, 5) is 24.4. The highest BCUT2D eigenvalue weighted by Crippen LogP contribution is 2.17. The fraction of sp³-hybridized carbons (Fsp3) is 0.927. The van der Waals surface area contributed by atoms with Gasteiger partial charge in [-0.15, -0.1) is 0 Å². The Bertz CT molecular complexity index is 909. The molecule has 0 aromatic heterocycles. The zero-order chi connectivity index (χ0) is 44.4. The third-order valence-corrected chi connectivity index (χ3v) is 12.8. The highest BCUT2D eigenvalue weighted by molar-refractivity contribution is 5.76. The number of unbranched alkanes of at least 4 members (excludes halogenated alkanes) is 40. The molecule has 0 spiro atoms. The topological polar surface area (TPSA) is 95.9 Å². The lowest BCUT2D eigenvalue weighted by Crippen LogP contribution is -2.45. The SMILES string of the molecule is CCCCCCCCCCC/C=C/C(O)C(CO)NC(=O)CCCCCCCCCCCCCCCCCCCCCCCCOC(=O)CCCCCCCCCCCCC. The number of nitrogens with one attached hydrogen (secondary N) is 1. The number of ether oxygens (including phenoxy) is 1. The second-order valence-electron chi connectivity index (χ2n) is 18.9. The summed E-state index contributed by atoms with van der Waals surface area (Å²) in [6.45, 7) is 4.89. The third-order valence-electron chi connectivity index (χ3n) is 12.8. The number of aliphatic hydroxyl groups is 2. The molecule has 0 aromatic rings. The van der Waals surface area contributed by atoms with E-state index in [4.69, 9.17) is 4.74 Å². The third kappa shape index (κ3) is 47.9. The van der Waals surface area contributed by atoms with Crippen molar-refractivity contribution in [1.29, 1.82) is 0 Å². The normalized spacial score (nSPS) is 12.7. The van der Waals surface area contributed by atoms with Gasteiger partial charge in [-0.3, -0.25) is 9.59 Å². The minimum Gasteiger partial charge on any atom is -0.466 e. The van der Waals surface area contributed by atoms with Crippen molar-refractivity contribution in [3.63, 3.8) is 0 Å². The average molecular weight is 862 g/mol. The van der Waals surface area contributed by atoms with Crippen molar-refractivity contribution < 1.29 is 24.5 Å². The molecule has 0 heterocycles. The van der Waals surface area contributed by atoms with Crippen molar-refractivity contribution in [3.8, 4) is 0 Å². The molecule has 0 radical (unpaired) electrons. The molecule has 6 heteroatoms. The van der Waals surface area contributed by atoms with Crippen molar-refractivity contribution in [1.82, 2.24) is 5.32 Å². The maximum Gasteiger partial charge on any atom is 0.305 e. The van der Waals surface area contributed by atoms with E-state index in [9.17, 15) is 19.8 Å². The van der Waals surface area contributed by atoms with Crippen LogP contribution in [-0.2, 0) is 14.3 Å². The lowest BCUT2D eigenvalue weighted by atomic mass is 10.0. The molecule has 0 bridgehead atoms. The van der Waals surface area contributed by atoms with Gasteiger partial charge in [0.1, 0.15) is 0 Å². The van der Waals surface area contributed by atoms with Gasteiger partial charge in [0, 0.05) is 12.8 Å². The number of carbonyl (C=O) groups is 2. The zero-order valence-corrected chi connectivity index (χ0v) is 41.2. The first kappa shape index (κ1) is 59.6. The maximum atomic E-state index is 12.4. The Morgan fingerprint density at radius 3 is 1.11 bits per heavy atom. The molecule has 0 aliphatic heterocycles. The van der Waals surface area contributed by atoms with Gasteiger partial charge in [0.15, 0.2) is 0 Å². The van der Waals surface area contributed by atoms with Crippen molar-refractivity contribution in [3.05, 3.63) is 12.2 Å². The van der Waals surface area contributed by atoms with Gasteiger partial charge in [-0.25, -0.2) is 0 Å². The van der Waals surface area contributed by atoms with Crippen LogP contribution in [0, 0.1) is 0 Å². The van der Waals surface area contributed by atoms with E-state index in [1.165, 1.54) is 238 Å². The van der Waals surface area contributed by atoms with E-state index in [1.54, 1.807) is 6.08 Å². The number of rotatable bonds is 51. The molecule has 0 aromatic carbocycles. The summed E-state index contributed by atoms with van der Waals surface area (Å²) in [6, 6.07) is -0.625. The fourth-order valence-corrected chi connectivity index (χ4v) is 8.58. The predicted molar refractivity (Wildman–Crippen MR) is 264 cm³/mol. The molecule has 2 atom stereocenters. The Balaban J connectivity index is 3.38. The Morgan fingerprint density at radius 2 is 0.754 bits per heavy atom. The van der Waals surface area contributed by atoms with Gasteiger partial charge in [0.2, 0.25) is 5.91 Å². The van der Waals surface area contributed by atoms with Gasteiger partial charge in [-0.2, -0.15) is 0 Å². The summed E-state index contributed by atoms with van der Waals surface area (Å²) in [7, 11) is 0. The average Bonchev–Trinajstić information content (AvgIpc) is 3.26. The van der Waals surface area contributed by atoms with Crippen LogP contribution in [0.1, 0.15) is 303 Å². The second-order valence-corrected chi connectivity index (χ2v) is 18.9. The molecular formula is C55H107NO5. The smallest absolute Gasteiger partial charge is 0.305 e. The summed E-state index contributed by atoms with van der Waals surface area (Å²) >= 11 is 0. The molecule has 61 heavy (non-hydrogen) atoms. The van der Waals surface area contributed by atoms with Crippen LogP contribution in [0.2, 0.25) is 0 Å². The molecule has 0 fully saturated rings. The van der Waals surface area contributed by atoms with Gasteiger partial charge in [-0.05, 0) is 32.1 Å². The highest BCUT2D eigenvalue weighted by atomic mass is 16.5. The van der Waals surface area contributed by atoms with Crippen molar-refractivity contribution >= 4 is 11.9 Å². The van der Waals surface area contributed by atoms with Crippen LogP contribution in [0.5, 0.6) is 0 Å². The lowest BCUT2D eigenvalue weighted by Gasteiger charge is -2.20. The molecule has 2 unspecified atom stereocenters. The van der Waals surface area contributed by atoms with E-state index in [2.05, 4.69) is 19.2 Å². The van der Waals surface area contributed by atoms with E-state index in [-0.39, 0.29) is 18.5 Å². The van der Waals surface area contributed by atoms with Crippen molar-refractivity contribution in [2.24, 2.45) is 0 Å². The summed E-state index contributed by atoms with van der Waals surface area (Å²) in [6.07, 6.45) is 59.5. The minimum atomic E-state index is -0.842. The van der Waals surface area contributed by atoms with Gasteiger partial charge < -0.3 is 20.3 Å². The standard InChI is InChI=1S/C55H107NO5/c1-3-5-7-9-11-13-27-31-35-39-43-47-53(58)52(51-57)56-54(59)48-44-40-36-32-29-25-23-21-19-17-15-16-18-20-22-24-26-30-34-38-42-46-50-61-55(60)49-45-41-37-33-28-14-12-10-8-6-4-2/h43,47,52-53,57-58H,3-42,44-46,48-51H2,1-2H3,(H,56,59)/b47-43+. The van der Waals surface area contributed by atoms with Crippen molar-refractivity contribution in [2.45, 2.75) is 315 Å². The summed E-state index contributed by atoms with van der Waals surface area (Å²) in [5, 5.41) is 23.0. The first-order valence-corrected chi connectivity index (χ1v) is 27.5. The van der Waals surface area contributed by atoms with Crippen molar-refractivity contribution in [2.75, 3.05) is 13.2 Å². The molecule has 0 rings (SSSR count). The summed E-state index contributed by atoms with van der Waals surface area (Å²) in [5.74, 6) is -0.0562. The zero-order valence-electron chi connectivity index (χ0n) is 41.2. The van der Waals surface area contributed by atoms with Gasteiger partial charge in [0.25, 0.3) is 0 Å².